The smallest absolute Gasteiger partial charge is 0.407 e. The fourth-order valence-corrected chi connectivity index (χ4v) is 5.22. The summed E-state index contributed by atoms with van der Waals surface area (Å²) in [6.45, 7) is 4.88. The van der Waals surface area contributed by atoms with Gasteiger partial charge in [-0.05, 0) is 65.7 Å². The second-order valence-corrected chi connectivity index (χ2v) is 10.1. The maximum Gasteiger partial charge on any atom is 0.407 e. The lowest BCUT2D eigenvalue weighted by atomic mass is 9.71. The topological polar surface area (TPSA) is 75.6 Å². The lowest BCUT2D eigenvalue weighted by Crippen LogP contribution is -2.35. The van der Waals surface area contributed by atoms with Crippen LogP contribution in [0.2, 0.25) is 0 Å². The summed E-state index contributed by atoms with van der Waals surface area (Å²) in [5.41, 5.74) is 5.03. The monoisotopic (exact) mass is 435 g/mol. The molecule has 2 aromatic rings. The van der Waals surface area contributed by atoms with Crippen LogP contribution in [0.5, 0.6) is 0 Å². The molecule has 0 heterocycles. The van der Waals surface area contributed by atoms with Crippen molar-refractivity contribution in [3.8, 4) is 11.1 Å². The fraction of sp³-hybridized carbons (Fsp3) is 0.481. The van der Waals surface area contributed by atoms with Crippen molar-refractivity contribution >= 4 is 12.1 Å². The summed E-state index contributed by atoms with van der Waals surface area (Å²) in [6.07, 6.45) is 4.43. The van der Waals surface area contributed by atoms with Crippen molar-refractivity contribution in [1.29, 1.82) is 0 Å². The summed E-state index contributed by atoms with van der Waals surface area (Å²) in [7, 11) is 0. The van der Waals surface area contributed by atoms with Crippen molar-refractivity contribution in [2.45, 2.75) is 51.9 Å². The van der Waals surface area contributed by atoms with Gasteiger partial charge in [-0.2, -0.15) is 0 Å². The molecule has 0 saturated heterocycles. The summed E-state index contributed by atoms with van der Waals surface area (Å²) >= 11 is 0. The van der Waals surface area contributed by atoms with Crippen LogP contribution in [0, 0.1) is 17.3 Å². The fourth-order valence-electron chi connectivity index (χ4n) is 5.22. The molecular weight excluding hydrogens is 402 g/mol. The van der Waals surface area contributed by atoms with E-state index in [2.05, 4.69) is 43.4 Å². The minimum Gasteiger partial charge on any atom is -0.481 e. The van der Waals surface area contributed by atoms with Gasteiger partial charge in [-0.3, -0.25) is 4.79 Å². The summed E-state index contributed by atoms with van der Waals surface area (Å²) in [5.74, 6) is -1.03. The zero-order valence-electron chi connectivity index (χ0n) is 19.0. The van der Waals surface area contributed by atoms with Crippen LogP contribution in [0.3, 0.4) is 0 Å². The SMILES string of the molecule is CC1(C)CCC(CC(CNC(=O)OCC2c3ccccc3-c3ccccc32)C(=O)O)CC1. The standard InChI is InChI=1S/C27H33NO4/c1-27(2)13-11-18(12-14-27)15-19(25(29)30)16-28-26(31)32-17-24-22-9-5-3-7-20(22)21-8-4-6-10-23(21)24/h3-10,18-19,24H,11-17H2,1-2H3,(H,28,31)(H,29,30). The molecule has 5 nitrogen and oxygen atoms in total. The Morgan fingerprint density at radius 3 is 2.16 bits per heavy atom. The van der Waals surface area contributed by atoms with E-state index in [-0.39, 0.29) is 19.1 Å². The van der Waals surface area contributed by atoms with Gasteiger partial charge in [0.25, 0.3) is 0 Å². The van der Waals surface area contributed by atoms with Crippen LogP contribution >= 0.6 is 0 Å². The molecule has 2 aliphatic carbocycles. The van der Waals surface area contributed by atoms with E-state index in [0.29, 0.717) is 17.8 Å². The number of nitrogens with one attached hydrogen (secondary N) is 1. The lowest BCUT2D eigenvalue weighted by molar-refractivity contribution is -0.142. The van der Waals surface area contributed by atoms with Crippen LogP contribution in [0.1, 0.15) is 63.0 Å². The lowest BCUT2D eigenvalue weighted by Gasteiger charge is -2.35. The van der Waals surface area contributed by atoms with E-state index in [9.17, 15) is 14.7 Å². The number of carboxylic acids is 1. The zero-order chi connectivity index (χ0) is 22.7. The second-order valence-electron chi connectivity index (χ2n) is 10.1. The predicted octanol–water partition coefficient (Wildman–Crippen LogP) is 5.83. The molecule has 1 saturated carbocycles. The number of ether oxygens (including phenoxy) is 1. The van der Waals surface area contributed by atoms with Gasteiger partial charge in [0.1, 0.15) is 6.61 Å². The van der Waals surface area contributed by atoms with Gasteiger partial charge in [0.15, 0.2) is 0 Å². The molecule has 0 aliphatic heterocycles. The van der Waals surface area contributed by atoms with E-state index in [0.717, 1.165) is 36.8 Å². The third-order valence-corrected chi connectivity index (χ3v) is 7.26. The predicted molar refractivity (Wildman–Crippen MR) is 125 cm³/mol. The summed E-state index contributed by atoms with van der Waals surface area (Å²) in [6, 6.07) is 16.4. The first-order valence-corrected chi connectivity index (χ1v) is 11.7. The van der Waals surface area contributed by atoms with Crippen LogP contribution in [-0.4, -0.2) is 30.3 Å². The third kappa shape index (κ3) is 4.98. The number of carbonyl (C=O) groups is 2. The van der Waals surface area contributed by atoms with Gasteiger partial charge in [0.2, 0.25) is 0 Å². The molecule has 0 radical (unpaired) electrons. The van der Waals surface area contributed by atoms with Gasteiger partial charge >= 0.3 is 12.1 Å². The summed E-state index contributed by atoms with van der Waals surface area (Å²) < 4.78 is 5.54. The first-order valence-electron chi connectivity index (χ1n) is 11.7. The Morgan fingerprint density at radius 2 is 1.59 bits per heavy atom. The van der Waals surface area contributed by atoms with E-state index in [1.807, 2.05) is 24.3 Å². The molecule has 1 unspecified atom stereocenters. The van der Waals surface area contributed by atoms with Crippen molar-refractivity contribution < 1.29 is 19.4 Å². The molecule has 1 amide bonds. The van der Waals surface area contributed by atoms with Crippen LogP contribution in [0.4, 0.5) is 4.79 Å². The number of fused-ring (bicyclic) bond motifs is 3. The highest BCUT2D eigenvalue weighted by Crippen LogP contribution is 2.44. The number of aliphatic carboxylic acids is 1. The normalized spacial score (nSPS) is 18.4. The number of carbonyl (C=O) groups excluding carboxylic acids is 1. The molecule has 1 atom stereocenters. The molecule has 1 fully saturated rings. The van der Waals surface area contributed by atoms with Crippen LogP contribution in [0.15, 0.2) is 48.5 Å². The van der Waals surface area contributed by atoms with Gasteiger partial charge in [-0.1, -0.05) is 62.4 Å². The van der Waals surface area contributed by atoms with Crippen molar-refractivity contribution in [1.82, 2.24) is 5.32 Å². The maximum absolute atomic E-state index is 12.4. The minimum atomic E-state index is -0.853. The molecule has 32 heavy (non-hydrogen) atoms. The Balaban J connectivity index is 1.30. The molecule has 0 spiro atoms. The average Bonchev–Trinajstić information content (AvgIpc) is 3.10. The molecule has 2 aliphatic rings. The zero-order valence-corrected chi connectivity index (χ0v) is 19.0. The minimum absolute atomic E-state index is 0.00554. The maximum atomic E-state index is 12.4. The molecule has 4 rings (SSSR count). The number of hydrogen-bond acceptors (Lipinski definition) is 3. The summed E-state index contributed by atoms with van der Waals surface area (Å²) in [5, 5.41) is 12.3. The highest BCUT2D eigenvalue weighted by molar-refractivity contribution is 5.79. The Morgan fingerprint density at radius 1 is 1.03 bits per heavy atom. The van der Waals surface area contributed by atoms with Crippen molar-refractivity contribution in [2.75, 3.05) is 13.2 Å². The second kappa shape index (κ2) is 9.35. The van der Waals surface area contributed by atoms with Crippen molar-refractivity contribution in [2.24, 2.45) is 17.3 Å². The van der Waals surface area contributed by atoms with E-state index in [1.54, 1.807) is 0 Å². The van der Waals surface area contributed by atoms with Crippen molar-refractivity contribution in [3.05, 3.63) is 59.7 Å². The number of carboxylic acid groups (broad SMARTS) is 1. The molecule has 0 bridgehead atoms. The highest BCUT2D eigenvalue weighted by Gasteiger charge is 2.31. The van der Waals surface area contributed by atoms with Crippen LogP contribution in [0.25, 0.3) is 11.1 Å². The van der Waals surface area contributed by atoms with Gasteiger partial charge in [-0.25, -0.2) is 4.79 Å². The van der Waals surface area contributed by atoms with Crippen molar-refractivity contribution in [3.63, 3.8) is 0 Å². The number of benzene rings is 2. The molecular formula is C27H33NO4. The number of amides is 1. The highest BCUT2D eigenvalue weighted by atomic mass is 16.5. The molecule has 5 heteroatoms. The van der Waals surface area contributed by atoms with Crippen LogP contribution < -0.4 is 5.32 Å². The molecule has 2 aromatic carbocycles. The van der Waals surface area contributed by atoms with E-state index < -0.39 is 18.0 Å². The van der Waals surface area contributed by atoms with Gasteiger partial charge in [-0.15, -0.1) is 0 Å². The molecule has 170 valence electrons. The van der Waals surface area contributed by atoms with E-state index in [1.165, 1.54) is 11.1 Å². The number of rotatable bonds is 7. The van der Waals surface area contributed by atoms with Gasteiger partial charge < -0.3 is 15.2 Å². The quantitative estimate of drug-likeness (QED) is 0.573. The van der Waals surface area contributed by atoms with E-state index >= 15 is 0 Å². The Kier molecular flexibility index (Phi) is 6.54. The Labute approximate surface area is 190 Å². The Hall–Kier alpha value is -2.82. The first-order chi connectivity index (χ1) is 15.3. The molecule has 0 aromatic heterocycles. The average molecular weight is 436 g/mol. The van der Waals surface area contributed by atoms with Gasteiger partial charge in [0.05, 0.1) is 5.92 Å². The van der Waals surface area contributed by atoms with Crippen LogP contribution in [-0.2, 0) is 9.53 Å². The first kappa shape index (κ1) is 22.4. The molecule has 2 N–H and O–H groups in total. The van der Waals surface area contributed by atoms with Gasteiger partial charge in [0, 0.05) is 12.5 Å². The summed E-state index contributed by atoms with van der Waals surface area (Å²) in [4.78, 5) is 24.2. The third-order valence-electron chi connectivity index (χ3n) is 7.26. The number of alkyl carbamates (subject to hydrolysis) is 1. The van der Waals surface area contributed by atoms with E-state index in [4.69, 9.17) is 4.74 Å². The Bertz CT molecular complexity index is 928. The largest absolute Gasteiger partial charge is 0.481 e. The number of hydrogen-bond donors (Lipinski definition) is 2.